The molecule has 0 radical (unpaired) electrons. The van der Waals surface area contributed by atoms with Gasteiger partial charge in [0.05, 0.1) is 12.2 Å². The minimum atomic E-state index is 0.540. The van der Waals surface area contributed by atoms with Gasteiger partial charge < -0.3 is 10.3 Å². The maximum Gasteiger partial charge on any atom is 0.127 e. The summed E-state index contributed by atoms with van der Waals surface area (Å²) < 4.78 is 3.23. The minimum absolute atomic E-state index is 0.540. The van der Waals surface area contributed by atoms with E-state index in [1.54, 1.807) is 0 Å². The molecule has 1 aliphatic rings. The topological polar surface area (TPSA) is 43.8 Å². The molecule has 0 atom stereocenters. The number of nitrogens with two attached hydrogens (primary N) is 1. The van der Waals surface area contributed by atoms with Crippen LogP contribution in [0, 0.1) is 0 Å². The lowest BCUT2D eigenvalue weighted by Gasteiger charge is -2.15. The van der Waals surface area contributed by atoms with E-state index in [0.29, 0.717) is 6.54 Å². The molecule has 0 aromatic carbocycles. The molecule has 4 heteroatoms. The molecule has 3 nitrogen and oxygen atoms in total. The molecule has 0 aliphatic carbocycles. The highest BCUT2D eigenvalue weighted by Crippen LogP contribution is 2.24. The molecular weight excluding hydrogens is 218 g/mol. The summed E-state index contributed by atoms with van der Waals surface area (Å²) in [5.74, 6) is 1.01. The first-order chi connectivity index (χ1) is 5.83. The van der Waals surface area contributed by atoms with Crippen LogP contribution in [-0.4, -0.2) is 9.55 Å². The Labute approximate surface area is 80.1 Å². The highest BCUT2D eigenvalue weighted by Gasteiger charge is 2.16. The van der Waals surface area contributed by atoms with Crippen molar-refractivity contribution in [1.29, 1.82) is 0 Å². The van der Waals surface area contributed by atoms with Gasteiger partial charge in [0.15, 0.2) is 0 Å². The number of rotatable bonds is 1. The summed E-state index contributed by atoms with van der Waals surface area (Å²) in [5.41, 5.74) is 6.90. The quantitative estimate of drug-likeness (QED) is 0.793. The number of imidazole rings is 1. The Morgan fingerprint density at radius 3 is 3.08 bits per heavy atom. The second-order valence-corrected chi connectivity index (χ2v) is 3.83. The van der Waals surface area contributed by atoms with Gasteiger partial charge in [0, 0.05) is 6.54 Å². The van der Waals surface area contributed by atoms with Gasteiger partial charge in [-0.05, 0) is 35.2 Å². The molecule has 1 aliphatic heterocycles. The van der Waals surface area contributed by atoms with Gasteiger partial charge in [-0.1, -0.05) is 0 Å². The van der Waals surface area contributed by atoms with Gasteiger partial charge in [0.2, 0.25) is 0 Å². The first-order valence-corrected chi connectivity index (χ1v) is 5.06. The number of nitrogens with zero attached hydrogens (tertiary/aromatic N) is 2. The molecule has 0 saturated carbocycles. The molecule has 66 valence electrons. The molecule has 0 spiro atoms. The molecule has 12 heavy (non-hydrogen) atoms. The maximum atomic E-state index is 5.58. The van der Waals surface area contributed by atoms with Crippen LogP contribution in [0.5, 0.6) is 0 Å². The van der Waals surface area contributed by atoms with Gasteiger partial charge in [-0.3, -0.25) is 0 Å². The Bertz CT molecular complexity index is 293. The fraction of sp³-hybridized carbons (Fsp3) is 0.625. The highest BCUT2D eigenvalue weighted by molar-refractivity contribution is 9.10. The van der Waals surface area contributed by atoms with E-state index >= 15 is 0 Å². The van der Waals surface area contributed by atoms with Crippen LogP contribution < -0.4 is 5.73 Å². The summed E-state index contributed by atoms with van der Waals surface area (Å²) in [5, 5.41) is 0. The van der Waals surface area contributed by atoms with Crippen LogP contribution >= 0.6 is 15.9 Å². The van der Waals surface area contributed by atoms with Crippen LogP contribution in [0.1, 0.15) is 24.4 Å². The fourth-order valence-electron chi connectivity index (χ4n) is 1.73. The van der Waals surface area contributed by atoms with Gasteiger partial charge in [-0.15, -0.1) is 0 Å². The minimum Gasteiger partial charge on any atom is -0.330 e. The second-order valence-electron chi connectivity index (χ2n) is 3.08. The molecule has 2 rings (SSSR count). The Morgan fingerprint density at radius 1 is 1.50 bits per heavy atom. The van der Waals surface area contributed by atoms with Gasteiger partial charge in [-0.2, -0.15) is 0 Å². The molecule has 0 saturated heterocycles. The van der Waals surface area contributed by atoms with E-state index in [1.807, 2.05) is 0 Å². The van der Waals surface area contributed by atoms with Crippen molar-refractivity contribution in [1.82, 2.24) is 9.55 Å². The van der Waals surface area contributed by atoms with Crippen molar-refractivity contribution < 1.29 is 0 Å². The Balaban J connectivity index is 2.47. The average Bonchev–Trinajstić information content (AvgIpc) is 2.44. The van der Waals surface area contributed by atoms with Crippen molar-refractivity contribution in [2.24, 2.45) is 5.73 Å². The monoisotopic (exact) mass is 229 g/mol. The molecule has 1 aromatic rings. The summed E-state index contributed by atoms with van der Waals surface area (Å²) in [6.07, 6.45) is 3.66. The standard InChI is InChI=1S/C8H12BrN3/c9-8-6-3-1-2-4-12(6)7(5-10)11-8/h1-5,10H2. The van der Waals surface area contributed by atoms with Crippen molar-refractivity contribution in [3.8, 4) is 0 Å². The molecule has 2 N–H and O–H groups in total. The van der Waals surface area contributed by atoms with Gasteiger partial charge >= 0.3 is 0 Å². The molecule has 0 fully saturated rings. The van der Waals surface area contributed by atoms with E-state index < -0.39 is 0 Å². The van der Waals surface area contributed by atoms with Crippen molar-refractivity contribution in [3.63, 3.8) is 0 Å². The molecule has 0 amide bonds. The predicted molar refractivity (Wildman–Crippen MR) is 50.8 cm³/mol. The van der Waals surface area contributed by atoms with Gasteiger partial charge in [-0.25, -0.2) is 4.98 Å². The van der Waals surface area contributed by atoms with Crippen LogP contribution in [0.25, 0.3) is 0 Å². The third-order valence-corrected chi connectivity index (χ3v) is 2.97. The first-order valence-electron chi connectivity index (χ1n) is 4.26. The fourth-order valence-corrected chi connectivity index (χ4v) is 2.34. The van der Waals surface area contributed by atoms with Gasteiger partial charge in [0.25, 0.3) is 0 Å². The van der Waals surface area contributed by atoms with Crippen LogP contribution in [0.4, 0.5) is 0 Å². The summed E-state index contributed by atoms with van der Waals surface area (Å²) in [4.78, 5) is 4.37. The molecule has 2 heterocycles. The van der Waals surface area contributed by atoms with Crippen LogP contribution in [0.2, 0.25) is 0 Å². The van der Waals surface area contributed by atoms with Crippen LogP contribution in [0.15, 0.2) is 4.60 Å². The Hall–Kier alpha value is -0.350. The lowest BCUT2D eigenvalue weighted by Crippen LogP contribution is -2.14. The zero-order chi connectivity index (χ0) is 8.55. The molecular formula is C8H12BrN3. The molecule has 0 unspecified atom stereocenters. The number of fused-ring (bicyclic) bond motifs is 1. The predicted octanol–water partition coefficient (Wildman–Crippen LogP) is 1.44. The van der Waals surface area contributed by atoms with Crippen molar-refractivity contribution in [2.75, 3.05) is 0 Å². The summed E-state index contributed by atoms with van der Waals surface area (Å²) in [7, 11) is 0. The van der Waals surface area contributed by atoms with E-state index in [-0.39, 0.29) is 0 Å². The van der Waals surface area contributed by atoms with Gasteiger partial charge in [0.1, 0.15) is 10.4 Å². The van der Waals surface area contributed by atoms with Crippen LogP contribution in [-0.2, 0) is 19.5 Å². The van der Waals surface area contributed by atoms with Crippen LogP contribution in [0.3, 0.4) is 0 Å². The number of hydrogen-bond acceptors (Lipinski definition) is 2. The zero-order valence-corrected chi connectivity index (χ0v) is 8.47. The smallest absolute Gasteiger partial charge is 0.127 e. The summed E-state index contributed by atoms with van der Waals surface area (Å²) >= 11 is 3.46. The largest absolute Gasteiger partial charge is 0.330 e. The number of halogens is 1. The third-order valence-electron chi connectivity index (χ3n) is 2.33. The second kappa shape index (κ2) is 3.18. The summed E-state index contributed by atoms with van der Waals surface area (Å²) in [6.45, 7) is 1.62. The number of aromatic nitrogens is 2. The summed E-state index contributed by atoms with van der Waals surface area (Å²) in [6, 6.07) is 0. The van der Waals surface area contributed by atoms with E-state index in [1.165, 1.54) is 18.5 Å². The van der Waals surface area contributed by atoms with E-state index in [9.17, 15) is 0 Å². The Kier molecular flexibility index (Phi) is 2.19. The lowest BCUT2D eigenvalue weighted by molar-refractivity contribution is 0.514. The van der Waals surface area contributed by atoms with E-state index in [0.717, 1.165) is 23.4 Å². The first kappa shape index (κ1) is 8.26. The van der Waals surface area contributed by atoms with Crippen molar-refractivity contribution in [3.05, 3.63) is 16.1 Å². The highest BCUT2D eigenvalue weighted by atomic mass is 79.9. The number of hydrogen-bond donors (Lipinski definition) is 1. The third kappa shape index (κ3) is 1.19. The van der Waals surface area contributed by atoms with E-state index in [4.69, 9.17) is 5.73 Å². The molecule has 1 aromatic heterocycles. The van der Waals surface area contributed by atoms with Crippen molar-refractivity contribution >= 4 is 15.9 Å². The Morgan fingerprint density at radius 2 is 2.33 bits per heavy atom. The SMILES string of the molecule is NCc1nc(Br)c2n1CCCC2. The van der Waals surface area contributed by atoms with E-state index in [2.05, 4.69) is 25.5 Å². The molecule has 0 bridgehead atoms. The normalized spacial score (nSPS) is 16.2. The average molecular weight is 230 g/mol. The van der Waals surface area contributed by atoms with Crippen molar-refractivity contribution in [2.45, 2.75) is 32.4 Å². The zero-order valence-electron chi connectivity index (χ0n) is 6.89. The maximum absolute atomic E-state index is 5.58. The lowest BCUT2D eigenvalue weighted by atomic mass is 10.1.